The first-order valence-corrected chi connectivity index (χ1v) is 44.7. The van der Waals surface area contributed by atoms with Gasteiger partial charge in [0.1, 0.15) is 48.8 Å². The molecular weight excluding hydrogens is 2130 g/mol. The van der Waals surface area contributed by atoms with Crippen LogP contribution in [0.25, 0.3) is 0 Å². The summed E-state index contributed by atoms with van der Waals surface area (Å²) in [5.41, 5.74) is 0. The third-order valence-corrected chi connectivity index (χ3v) is 26.2. The van der Waals surface area contributed by atoms with Crippen LogP contribution in [0.3, 0.4) is 0 Å². The van der Waals surface area contributed by atoms with Crippen LogP contribution in [0.1, 0.15) is 103 Å². The second-order valence-corrected chi connectivity index (χ2v) is 35.7. The molecule has 2 aliphatic heterocycles. The Hall–Kier alpha value is 9.88. The number of carbonyl (C=O) groups excluding carboxylic acids is 16. The monoisotopic (exact) mass is 2210 g/mol. The number of carboxylic acids is 16. The van der Waals surface area contributed by atoms with E-state index in [1.54, 1.807) is 0 Å². The fourth-order valence-corrected chi connectivity index (χ4v) is 18.3. The Morgan fingerprint density at radius 2 is 0.370 bits per heavy atom. The molecule has 0 radical (unpaired) electrons. The van der Waals surface area contributed by atoms with Crippen molar-refractivity contribution in [1.29, 1.82) is 0 Å². The van der Waals surface area contributed by atoms with E-state index >= 15 is 0 Å². The quantitative estimate of drug-likeness (QED) is 0.0403. The number of thioether (sulfide) groups is 8. The van der Waals surface area contributed by atoms with Gasteiger partial charge in [0.2, 0.25) is 0 Å². The predicted molar refractivity (Wildman–Crippen MR) is 382 cm³/mol. The van der Waals surface area contributed by atoms with Gasteiger partial charge >= 0.3 is 473 Å². The van der Waals surface area contributed by atoms with Gasteiger partial charge in [-0.25, -0.2) is 0 Å². The molecule has 2 saturated heterocycles. The van der Waals surface area contributed by atoms with Crippen LogP contribution in [0.5, 0.6) is 0 Å². The maximum Gasteiger partial charge on any atom is 1.00 e. The van der Waals surface area contributed by atoms with Crippen LogP contribution in [-0.2, 0) is 129 Å². The van der Waals surface area contributed by atoms with E-state index in [9.17, 15) is 158 Å². The van der Waals surface area contributed by atoms with Crippen LogP contribution in [0, 0.1) is 0 Å². The molecule has 8 unspecified atom stereocenters. The second-order valence-electron chi connectivity index (χ2n) is 25.2. The average Bonchev–Trinajstić information content (AvgIpc) is 0.767. The summed E-state index contributed by atoms with van der Waals surface area (Å²) in [5, 5.41) is 175. The minimum Gasteiger partial charge on any atom is -0.550 e. The van der Waals surface area contributed by atoms with Gasteiger partial charge in [0.15, 0.2) is 12.6 Å². The van der Waals surface area contributed by atoms with Crippen molar-refractivity contribution in [1.82, 2.24) is 0 Å². The number of hydrogen-bond acceptors (Lipinski definition) is 51. The van der Waals surface area contributed by atoms with Crippen molar-refractivity contribution >= 4 is 190 Å². The molecule has 2 heterocycles. The zero-order valence-corrected chi connectivity index (χ0v) is 118. The summed E-state index contributed by atoms with van der Waals surface area (Å²) in [7, 11) is 0. The van der Waals surface area contributed by atoms with Crippen LogP contribution in [0.4, 0.5) is 0 Å². The number of ether oxygens (including phenoxy) is 11. The van der Waals surface area contributed by atoms with Crippen LogP contribution < -0.4 is 555 Å². The van der Waals surface area contributed by atoms with Gasteiger partial charge in [0, 0.05) is 187 Å². The molecule has 0 amide bonds. The van der Waals surface area contributed by atoms with E-state index in [-0.39, 0.29) is 584 Å². The average molecular weight is 2220 g/mol. The molecule has 2 aliphatic rings. The number of carboxylic acid groups (broad SMARTS) is 16. The van der Waals surface area contributed by atoms with E-state index < -0.39 is 303 Å². The molecule has 67 heteroatoms. The zero-order valence-electron chi connectivity index (χ0n) is 79.3. The summed E-state index contributed by atoms with van der Waals surface area (Å²) in [4.78, 5) is 188. The molecular formula is C68H86Na16O43S8. The molecule has 0 bridgehead atoms. The van der Waals surface area contributed by atoms with Crippen molar-refractivity contribution < 1.29 is 683 Å². The summed E-state index contributed by atoms with van der Waals surface area (Å²) in [6.07, 6.45) is -26.3. The molecule has 18 atom stereocenters. The van der Waals surface area contributed by atoms with Crippen LogP contribution >= 0.6 is 94.1 Å². The van der Waals surface area contributed by atoms with Gasteiger partial charge in [-0.1, -0.05) is 0 Å². The third kappa shape index (κ3) is 85.7. The minimum atomic E-state index is -2.02. The zero-order chi connectivity index (χ0) is 89.1. The first kappa shape index (κ1) is 178. The first-order chi connectivity index (χ1) is 56.3. The Bertz CT molecular complexity index is 3270. The van der Waals surface area contributed by atoms with E-state index in [0.717, 1.165) is 0 Å². The largest absolute Gasteiger partial charge is 1.00 e. The fraction of sp³-hybridized carbons (Fsp3) is 0.765. The summed E-state index contributed by atoms with van der Waals surface area (Å²) < 4.78 is 72.1. The number of hydrogen-bond donors (Lipinski definition) is 0. The van der Waals surface area contributed by atoms with Crippen molar-refractivity contribution in [2.45, 2.75) is 206 Å². The van der Waals surface area contributed by atoms with Crippen LogP contribution in [0.15, 0.2) is 0 Å². The molecule has 43 nitrogen and oxygen atoms in total. The summed E-state index contributed by atoms with van der Waals surface area (Å²) in [5.74, 6) is -29.6. The topological polar surface area (TPSA) is 744 Å². The van der Waals surface area contributed by atoms with Gasteiger partial charge in [0.05, 0.1) is 67.6 Å². The summed E-state index contributed by atoms with van der Waals surface area (Å²) >= 11 is 4.85. The minimum absolute atomic E-state index is 0. The molecule has 0 aliphatic carbocycles. The van der Waals surface area contributed by atoms with Crippen LogP contribution in [0.2, 0.25) is 0 Å². The smallest absolute Gasteiger partial charge is 0.550 e. The fourth-order valence-electron chi connectivity index (χ4n) is 10.6. The van der Waals surface area contributed by atoms with Gasteiger partial charge in [-0.05, 0) is 97.4 Å². The molecule has 680 valence electrons. The van der Waals surface area contributed by atoms with Gasteiger partial charge in [-0.2, -0.15) is 94.1 Å². The Labute approximate surface area is 1170 Å². The molecule has 0 spiro atoms. The van der Waals surface area contributed by atoms with Crippen molar-refractivity contribution in [2.24, 2.45) is 0 Å². The number of aliphatic carboxylic acids is 16. The summed E-state index contributed by atoms with van der Waals surface area (Å²) in [6.45, 7) is -4.77. The Balaban J connectivity index is -0.000000692. The SMILES string of the molecule is O=C([O-])CC(SCCCOC[C@H]1O[C@@H](O[C@H]2[C@H](OCCCSC(CC(=O)[O-])C(=O)[O-])[C@@H](OCCCSC(CC(=O)[O-])C(=O)[O-])[C@@H](OCCCSC(CC(=O)[O-])C(=O)[O-])O[C@@H]2COCCCSC(CC(=O)[O-])C(=O)[O-])[C@H](OCCCSC(CC(=O)[O-])C(=O)[O-])[C@@H](OCCCSC(CC(=O)[O-])C(=O)[O-])[C@@H]1OCCCSC(CC(=O)[O-])C(=O)[O-])C(=O)[O-].[Na+].[Na+].[Na+].[Na+].[Na+].[Na+].[Na+].[Na+].[Na+].[Na+].[Na+].[Na+].[Na+].[Na+].[Na+].[Na+]. The van der Waals surface area contributed by atoms with Crippen molar-refractivity contribution in [2.75, 3.05) is 112 Å². The van der Waals surface area contributed by atoms with Crippen molar-refractivity contribution in [3.8, 4) is 0 Å². The molecule has 2 fully saturated rings. The Morgan fingerprint density at radius 3 is 0.578 bits per heavy atom. The van der Waals surface area contributed by atoms with E-state index in [1.165, 1.54) is 0 Å². The van der Waals surface area contributed by atoms with Gasteiger partial charge in [-0.15, -0.1) is 0 Å². The third-order valence-electron chi connectivity index (χ3n) is 15.9. The molecule has 0 aromatic heterocycles. The Morgan fingerprint density at radius 1 is 0.207 bits per heavy atom. The second kappa shape index (κ2) is 108. The number of rotatable bonds is 76. The molecule has 135 heavy (non-hydrogen) atoms. The molecule has 0 N–H and O–H groups in total. The van der Waals surface area contributed by atoms with Crippen LogP contribution in [-0.4, -0.2) is 311 Å². The van der Waals surface area contributed by atoms with Crippen molar-refractivity contribution in [3.63, 3.8) is 0 Å². The van der Waals surface area contributed by atoms with E-state index in [1.807, 2.05) is 0 Å². The number of carbonyl (C=O) groups is 16. The molecule has 0 aromatic carbocycles. The normalized spacial score (nSPS) is 18.7. The van der Waals surface area contributed by atoms with E-state index in [0.29, 0.717) is 94.1 Å². The molecule has 2 rings (SSSR count). The molecule has 0 aromatic rings. The maximum absolute atomic E-state index is 12.1. The standard InChI is InChI=1S/C68H102O43S8.16Na/c69-45(70)25-37(59(85)86)112-17-1-9-101-33-35-53(103-11-3-19-114-39(61(89)90)27-47(73)74)55(104-12-4-20-115-40(62(91)92)28-48(75)76)58(107-15-7-23-118-43(65(97)98)31-51(81)82)68(110-35)111-54-36(34-102-10-2-18-113-38(60(87)88)26-46(71)72)109-67(108-16-8-24-119-44(66(99)100)32-52(83)84)57(106-14-6-22-117-42(64(95)96)30-50(79)80)56(54)105-13-5-21-116-41(63(93)94)29-49(77)78;;;;;;;;;;;;;;;;/h35-44,53-58,67-68H,1-34H2,(H,69,70)(H,71,72)(H,73,74)(H,75,76)(H,77,78)(H,79,80)(H,81,82)(H,83,84)(H,85,86)(H,87,88)(H,89,90)(H,91,92)(H,93,94)(H,95,96)(H,97,98)(H,99,100);;;;;;;;;;;;;;;;/q;16*+1/p-16/t35-,36-,37?,38?,39?,40?,41?,42?,43?,44?,53-,54-,55+,56+,57-,58-,67+,68+;;;;;;;;;;;;;;;;/m1................/s1. The maximum atomic E-state index is 12.1. The van der Waals surface area contributed by atoms with E-state index in [4.69, 9.17) is 52.1 Å². The Kier molecular flexibility index (Phi) is 142. The molecule has 0 saturated carbocycles. The predicted octanol–water partition coefficient (Wildman–Crippen LogP) is -66.1. The van der Waals surface area contributed by atoms with E-state index in [2.05, 4.69) is 0 Å². The first-order valence-electron chi connectivity index (χ1n) is 36.3. The summed E-state index contributed by atoms with van der Waals surface area (Å²) in [6, 6.07) is 0. The van der Waals surface area contributed by atoms with Gasteiger partial charge in [-0.3, -0.25) is 0 Å². The van der Waals surface area contributed by atoms with Gasteiger partial charge in [0.25, 0.3) is 0 Å². The van der Waals surface area contributed by atoms with Crippen molar-refractivity contribution in [3.05, 3.63) is 0 Å². The van der Waals surface area contributed by atoms with Gasteiger partial charge < -0.3 is 211 Å².